The lowest BCUT2D eigenvalue weighted by atomic mass is 9.75. The summed E-state index contributed by atoms with van der Waals surface area (Å²) in [4.78, 5) is 6.05. The van der Waals surface area contributed by atoms with E-state index < -0.39 is 0 Å². The van der Waals surface area contributed by atoms with Gasteiger partial charge in [0.15, 0.2) is 0 Å². The fraction of sp³-hybridized carbons (Fsp3) is 0.292. The van der Waals surface area contributed by atoms with E-state index in [0.717, 1.165) is 25.7 Å². The number of nitrogens with one attached hydrogen (secondary N) is 1. The van der Waals surface area contributed by atoms with Gasteiger partial charge in [-0.2, -0.15) is 0 Å². The fourth-order valence-corrected chi connectivity index (χ4v) is 4.47. The van der Waals surface area contributed by atoms with Gasteiger partial charge in [-0.1, -0.05) is 54.6 Å². The molecule has 0 amide bonds. The highest BCUT2D eigenvalue weighted by Crippen LogP contribution is 2.43. The van der Waals surface area contributed by atoms with Crippen molar-refractivity contribution in [3.05, 3.63) is 84.4 Å². The van der Waals surface area contributed by atoms with Gasteiger partial charge in [0.2, 0.25) is 0 Å². The van der Waals surface area contributed by atoms with Gasteiger partial charge in [0.05, 0.1) is 0 Å². The molecular weight excluding hydrogens is 316 g/mol. The highest BCUT2D eigenvalue weighted by atomic mass is 15.1. The Kier molecular flexibility index (Phi) is 4.46. The van der Waals surface area contributed by atoms with Crippen molar-refractivity contribution in [1.82, 2.24) is 9.88 Å². The standard InChI is InChI=1S/C24H27N2/c1-4-20-21-12-8-9-13-22(21)25-23(20)18-14-16-24(17-15-18,26(2)3)19-10-6-5-7-11-19/h5-14,25H,1,4,15-17H2,2-3H3. The van der Waals surface area contributed by atoms with Crippen molar-refractivity contribution in [2.45, 2.75) is 31.2 Å². The maximum absolute atomic E-state index is 4.18. The number of aromatic nitrogens is 1. The van der Waals surface area contributed by atoms with E-state index in [1.807, 2.05) is 0 Å². The third-order valence-electron chi connectivity index (χ3n) is 6.05. The predicted molar refractivity (Wildman–Crippen MR) is 111 cm³/mol. The van der Waals surface area contributed by atoms with E-state index in [-0.39, 0.29) is 5.54 Å². The molecule has 1 aromatic heterocycles. The van der Waals surface area contributed by atoms with E-state index in [9.17, 15) is 0 Å². The molecule has 4 rings (SSSR count). The molecule has 0 saturated heterocycles. The minimum absolute atomic E-state index is 0.0847. The molecule has 3 aromatic rings. The van der Waals surface area contributed by atoms with Crippen LogP contribution in [0.2, 0.25) is 0 Å². The first-order valence-corrected chi connectivity index (χ1v) is 9.47. The molecule has 1 N–H and O–H groups in total. The first kappa shape index (κ1) is 17.1. The first-order valence-electron chi connectivity index (χ1n) is 9.47. The summed E-state index contributed by atoms with van der Waals surface area (Å²) in [6, 6.07) is 19.5. The number of aromatic amines is 1. The van der Waals surface area contributed by atoms with Gasteiger partial charge in [0, 0.05) is 22.1 Å². The summed E-state index contributed by atoms with van der Waals surface area (Å²) in [6.45, 7) is 4.18. The second-order valence-corrected chi connectivity index (χ2v) is 7.50. The highest BCUT2D eigenvalue weighted by molar-refractivity contribution is 5.89. The number of hydrogen-bond donors (Lipinski definition) is 1. The molecule has 0 aliphatic heterocycles. The number of fused-ring (bicyclic) bond motifs is 1. The van der Waals surface area contributed by atoms with Crippen molar-refractivity contribution in [1.29, 1.82) is 0 Å². The van der Waals surface area contributed by atoms with E-state index in [2.05, 4.69) is 91.6 Å². The van der Waals surface area contributed by atoms with E-state index in [0.29, 0.717) is 0 Å². The van der Waals surface area contributed by atoms with Crippen LogP contribution in [0.25, 0.3) is 16.5 Å². The smallest absolute Gasteiger partial charge is 0.0492 e. The van der Waals surface area contributed by atoms with Crippen LogP contribution in [0.15, 0.2) is 60.7 Å². The Hall–Kier alpha value is -2.32. The number of para-hydroxylation sites is 1. The van der Waals surface area contributed by atoms with Gasteiger partial charge in [0.25, 0.3) is 0 Å². The molecule has 2 nitrogen and oxygen atoms in total. The van der Waals surface area contributed by atoms with Crippen molar-refractivity contribution < 1.29 is 0 Å². The van der Waals surface area contributed by atoms with E-state index in [1.165, 1.54) is 33.3 Å². The van der Waals surface area contributed by atoms with Crippen molar-refractivity contribution in [3.8, 4) is 0 Å². The molecule has 0 saturated carbocycles. The molecule has 2 aromatic carbocycles. The zero-order chi connectivity index (χ0) is 18.1. The van der Waals surface area contributed by atoms with E-state index >= 15 is 0 Å². The molecule has 0 fully saturated rings. The second-order valence-electron chi connectivity index (χ2n) is 7.50. The number of allylic oxidation sites excluding steroid dienone is 1. The molecule has 1 aliphatic rings. The maximum atomic E-state index is 4.18. The summed E-state index contributed by atoms with van der Waals surface area (Å²) in [5, 5.41) is 1.31. The molecule has 1 heterocycles. The number of hydrogen-bond acceptors (Lipinski definition) is 1. The molecular formula is C24H27N2. The van der Waals surface area contributed by atoms with Crippen LogP contribution in [-0.4, -0.2) is 24.0 Å². The fourth-order valence-electron chi connectivity index (χ4n) is 4.47. The zero-order valence-electron chi connectivity index (χ0n) is 15.8. The largest absolute Gasteiger partial charge is 0.355 e. The van der Waals surface area contributed by atoms with E-state index in [4.69, 9.17) is 0 Å². The molecule has 1 atom stereocenters. The third kappa shape index (κ3) is 2.69. The molecule has 0 bridgehead atoms. The lowest BCUT2D eigenvalue weighted by molar-refractivity contribution is 0.138. The van der Waals surface area contributed by atoms with Gasteiger partial charge in [-0.15, -0.1) is 0 Å². The number of H-pyrrole nitrogens is 1. The first-order chi connectivity index (χ1) is 12.7. The number of nitrogens with zero attached hydrogens (tertiary/aromatic N) is 1. The summed E-state index contributed by atoms with van der Waals surface area (Å²) in [6.07, 6.45) is 6.49. The maximum Gasteiger partial charge on any atom is 0.0492 e. The Morgan fingerprint density at radius 3 is 2.42 bits per heavy atom. The zero-order valence-corrected chi connectivity index (χ0v) is 15.8. The average molecular weight is 343 g/mol. The number of benzene rings is 2. The van der Waals surface area contributed by atoms with Crippen LogP contribution < -0.4 is 0 Å². The molecule has 26 heavy (non-hydrogen) atoms. The van der Waals surface area contributed by atoms with Crippen molar-refractivity contribution in [3.63, 3.8) is 0 Å². The summed E-state index contributed by atoms with van der Waals surface area (Å²) in [5.74, 6) is 0. The Balaban J connectivity index is 1.74. The summed E-state index contributed by atoms with van der Waals surface area (Å²) in [5.41, 5.74) is 6.80. The summed E-state index contributed by atoms with van der Waals surface area (Å²) < 4.78 is 0. The quantitative estimate of drug-likeness (QED) is 0.656. The molecule has 1 unspecified atom stereocenters. The molecule has 2 heteroatoms. The average Bonchev–Trinajstić information content (AvgIpc) is 3.07. The Morgan fingerprint density at radius 1 is 1.04 bits per heavy atom. The summed E-state index contributed by atoms with van der Waals surface area (Å²) in [7, 11) is 4.41. The minimum Gasteiger partial charge on any atom is -0.355 e. The second kappa shape index (κ2) is 6.77. The van der Waals surface area contributed by atoms with Crippen molar-refractivity contribution in [2.24, 2.45) is 0 Å². The normalized spacial score (nSPS) is 20.5. The monoisotopic (exact) mass is 343 g/mol. The van der Waals surface area contributed by atoms with Crippen molar-refractivity contribution >= 4 is 16.5 Å². The van der Waals surface area contributed by atoms with Gasteiger partial charge < -0.3 is 4.98 Å². The Labute approximate surface area is 156 Å². The molecule has 1 aliphatic carbocycles. The molecule has 1 radical (unpaired) electrons. The Bertz CT molecular complexity index is 933. The number of rotatable bonds is 4. The predicted octanol–water partition coefficient (Wildman–Crippen LogP) is 5.57. The van der Waals surface area contributed by atoms with Gasteiger partial charge >= 0.3 is 0 Å². The van der Waals surface area contributed by atoms with Crippen molar-refractivity contribution in [2.75, 3.05) is 14.1 Å². The third-order valence-corrected chi connectivity index (χ3v) is 6.05. The van der Waals surface area contributed by atoms with Crippen LogP contribution in [0.4, 0.5) is 0 Å². The van der Waals surface area contributed by atoms with Crippen LogP contribution in [0, 0.1) is 6.92 Å². The van der Waals surface area contributed by atoms with Gasteiger partial charge in [-0.05, 0) is 69.5 Å². The van der Waals surface area contributed by atoms with Crippen LogP contribution in [0.1, 0.15) is 36.1 Å². The van der Waals surface area contributed by atoms with Crippen LogP contribution in [0.5, 0.6) is 0 Å². The molecule has 0 spiro atoms. The van der Waals surface area contributed by atoms with E-state index in [1.54, 1.807) is 0 Å². The molecule has 133 valence electrons. The lowest BCUT2D eigenvalue weighted by Gasteiger charge is -2.43. The lowest BCUT2D eigenvalue weighted by Crippen LogP contribution is -2.42. The van der Waals surface area contributed by atoms with Crippen LogP contribution >= 0.6 is 0 Å². The van der Waals surface area contributed by atoms with Crippen LogP contribution in [0.3, 0.4) is 0 Å². The summed E-state index contributed by atoms with van der Waals surface area (Å²) >= 11 is 0. The topological polar surface area (TPSA) is 19.0 Å². The minimum atomic E-state index is 0.0847. The highest BCUT2D eigenvalue weighted by Gasteiger charge is 2.36. The van der Waals surface area contributed by atoms with Crippen LogP contribution in [-0.2, 0) is 12.0 Å². The van der Waals surface area contributed by atoms with Gasteiger partial charge in [0.1, 0.15) is 0 Å². The SMILES string of the molecule is [CH2]Cc1c(C2=CCC(c3ccccc3)(N(C)C)CC2)[nH]c2ccccc12. The van der Waals surface area contributed by atoms with Gasteiger partial charge in [-0.25, -0.2) is 0 Å². The Morgan fingerprint density at radius 2 is 1.77 bits per heavy atom. The van der Waals surface area contributed by atoms with Gasteiger partial charge in [-0.3, -0.25) is 4.90 Å².